The second-order valence-electron chi connectivity index (χ2n) is 3.76. The summed E-state index contributed by atoms with van der Waals surface area (Å²) >= 11 is 11.7. The smallest absolute Gasteiger partial charge is 0.239 e. The highest BCUT2D eigenvalue weighted by Crippen LogP contribution is 2.19. The Morgan fingerprint density at radius 1 is 1.38 bits per heavy atom. The standard InChI is InChI=1S/C11H14Cl2N2O/c1-7(14)11(16)15(2)6-8-3-9(12)5-10(13)4-8/h3-5,7H,6,14H2,1-2H3/t7-/m1/s1. The zero-order chi connectivity index (χ0) is 12.3. The summed E-state index contributed by atoms with van der Waals surface area (Å²) in [5.74, 6) is -0.115. The van der Waals surface area contributed by atoms with Gasteiger partial charge in [-0.25, -0.2) is 0 Å². The van der Waals surface area contributed by atoms with E-state index in [2.05, 4.69) is 0 Å². The molecule has 2 N–H and O–H groups in total. The summed E-state index contributed by atoms with van der Waals surface area (Å²) in [6, 6.07) is 4.70. The van der Waals surface area contributed by atoms with Crippen molar-refractivity contribution < 1.29 is 4.79 Å². The molecule has 0 saturated heterocycles. The van der Waals surface area contributed by atoms with Crippen LogP contribution in [0.4, 0.5) is 0 Å². The van der Waals surface area contributed by atoms with Crippen LogP contribution >= 0.6 is 23.2 Å². The van der Waals surface area contributed by atoms with E-state index in [1.54, 1.807) is 37.1 Å². The molecule has 0 heterocycles. The lowest BCUT2D eigenvalue weighted by Gasteiger charge is -2.19. The summed E-state index contributed by atoms with van der Waals surface area (Å²) in [6.45, 7) is 2.10. The van der Waals surface area contributed by atoms with Gasteiger partial charge in [0.25, 0.3) is 0 Å². The molecule has 0 saturated carbocycles. The number of carbonyl (C=O) groups excluding carboxylic acids is 1. The van der Waals surface area contributed by atoms with Crippen molar-refractivity contribution >= 4 is 29.1 Å². The number of halogens is 2. The maximum atomic E-state index is 11.6. The number of carbonyl (C=O) groups is 1. The molecule has 88 valence electrons. The second-order valence-corrected chi connectivity index (χ2v) is 4.63. The van der Waals surface area contributed by atoms with Crippen molar-refractivity contribution in [2.24, 2.45) is 5.73 Å². The zero-order valence-corrected chi connectivity index (χ0v) is 10.7. The van der Waals surface area contributed by atoms with Crippen molar-refractivity contribution in [3.8, 4) is 0 Å². The van der Waals surface area contributed by atoms with Crippen LogP contribution in [-0.4, -0.2) is 23.9 Å². The number of nitrogens with two attached hydrogens (primary N) is 1. The monoisotopic (exact) mass is 260 g/mol. The predicted octanol–water partition coefficient (Wildman–Crippen LogP) is 2.30. The third kappa shape index (κ3) is 3.67. The molecule has 0 aliphatic rings. The van der Waals surface area contributed by atoms with Gasteiger partial charge in [0.15, 0.2) is 0 Å². The van der Waals surface area contributed by atoms with E-state index in [0.717, 1.165) is 5.56 Å². The van der Waals surface area contributed by atoms with E-state index in [0.29, 0.717) is 16.6 Å². The minimum Gasteiger partial charge on any atom is -0.340 e. The molecule has 0 radical (unpaired) electrons. The average molecular weight is 261 g/mol. The fraction of sp³-hybridized carbons (Fsp3) is 0.364. The van der Waals surface area contributed by atoms with Gasteiger partial charge in [-0.2, -0.15) is 0 Å². The van der Waals surface area contributed by atoms with Crippen molar-refractivity contribution in [2.45, 2.75) is 19.5 Å². The van der Waals surface area contributed by atoms with Crippen molar-refractivity contribution in [1.29, 1.82) is 0 Å². The molecule has 16 heavy (non-hydrogen) atoms. The van der Waals surface area contributed by atoms with E-state index in [1.807, 2.05) is 0 Å². The lowest BCUT2D eigenvalue weighted by molar-refractivity contribution is -0.131. The van der Waals surface area contributed by atoms with Gasteiger partial charge in [-0.3, -0.25) is 4.79 Å². The molecule has 1 amide bonds. The summed E-state index contributed by atoms with van der Waals surface area (Å²) in [5, 5.41) is 1.12. The second kappa shape index (κ2) is 5.53. The fourth-order valence-corrected chi connectivity index (χ4v) is 1.97. The maximum Gasteiger partial charge on any atom is 0.239 e. The lowest BCUT2D eigenvalue weighted by atomic mass is 10.2. The Morgan fingerprint density at radius 3 is 2.31 bits per heavy atom. The molecule has 1 aromatic rings. The number of amides is 1. The predicted molar refractivity (Wildman–Crippen MR) is 66.6 cm³/mol. The molecule has 1 rings (SSSR count). The van der Waals surface area contributed by atoms with Gasteiger partial charge in [0.1, 0.15) is 0 Å². The fourth-order valence-electron chi connectivity index (χ4n) is 1.40. The van der Waals surface area contributed by atoms with Gasteiger partial charge in [0, 0.05) is 23.6 Å². The quantitative estimate of drug-likeness (QED) is 0.907. The number of nitrogens with zero attached hydrogens (tertiary/aromatic N) is 1. The molecule has 0 aromatic heterocycles. The van der Waals surface area contributed by atoms with Crippen molar-refractivity contribution in [3.63, 3.8) is 0 Å². The highest BCUT2D eigenvalue weighted by molar-refractivity contribution is 6.34. The first-order valence-corrected chi connectivity index (χ1v) is 5.61. The largest absolute Gasteiger partial charge is 0.340 e. The average Bonchev–Trinajstić information content (AvgIpc) is 2.14. The molecule has 1 aromatic carbocycles. The summed E-state index contributed by atoms with van der Waals surface area (Å²) in [6.07, 6.45) is 0. The van der Waals surface area contributed by atoms with Gasteiger partial charge in [-0.15, -0.1) is 0 Å². The van der Waals surface area contributed by atoms with E-state index in [-0.39, 0.29) is 5.91 Å². The normalized spacial score (nSPS) is 12.3. The summed E-state index contributed by atoms with van der Waals surface area (Å²) in [7, 11) is 1.69. The minimum atomic E-state index is -0.500. The van der Waals surface area contributed by atoms with Crippen LogP contribution < -0.4 is 5.73 Å². The van der Waals surface area contributed by atoms with Crippen LogP contribution in [-0.2, 0) is 11.3 Å². The Hall–Kier alpha value is -0.770. The Labute approximate surface area is 105 Å². The number of likely N-dealkylation sites (N-methyl/N-ethyl adjacent to an activating group) is 1. The van der Waals surface area contributed by atoms with Crippen molar-refractivity contribution in [1.82, 2.24) is 4.90 Å². The minimum absolute atomic E-state index is 0.115. The first kappa shape index (κ1) is 13.3. The Bertz CT molecular complexity index is 373. The van der Waals surface area contributed by atoms with Crippen LogP contribution in [0.15, 0.2) is 18.2 Å². The first-order valence-electron chi connectivity index (χ1n) is 4.85. The van der Waals surface area contributed by atoms with Crippen LogP contribution in [0.2, 0.25) is 10.0 Å². The Kier molecular flexibility index (Phi) is 4.59. The van der Waals surface area contributed by atoms with Gasteiger partial charge >= 0.3 is 0 Å². The van der Waals surface area contributed by atoms with Gasteiger partial charge < -0.3 is 10.6 Å². The van der Waals surface area contributed by atoms with Gasteiger partial charge in [0.05, 0.1) is 6.04 Å². The van der Waals surface area contributed by atoms with Crippen LogP contribution in [0.1, 0.15) is 12.5 Å². The molecule has 0 bridgehead atoms. The van der Waals surface area contributed by atoms with Crippen LogP contribution in [0, 0.1) is 0 Å². The molecule has 3 nitrogen and oxygen atoms in total. The molecule has 0 fully saturated rings. The SMILES string of the molecule is C[C@@H](N)C(=O)N(C)Cc1cc(Cl)cc(Cl)c1. The number of rotatable bonds is 3. The summed E-state index contributed by atoms with van der Waals surface area (Å²) in [5.41, 5.74) is 6.39. The van der Waals surface area contributed by atoms with Crippen LogP contribution in [0.25, 0.3) is 0 Å². The lowest BCUT2D eigenvalue weighted by Crippen LogP contribution is -2.39. The van der Waals surface area contributed by atoms with E-state index >= 15 is 0 Å². The van der Waals surface area contributed by atoms with Crippen LogP contribution in [0.5, 0.6) is 0 Å². The summed E-state index contributed by atoms with van der Waals surface area (Å²) < 4.78 is 0. The van der Waals surface area contributed by atoms with E-state index in [1.165, 1.54) is 0 Å². The molecular weight excluding hydrogens is 247 g/mol. The third-order valence-corrected chi connectivity index (χ3v) is 2.54. The number of hydrogen-bond acceptors (Lipinski definition) is 2. The molecule has 0 aliphatic carbocycles. The highest BCUT2D eigenvalue weighted by atomic mass is 35.5. The number of benzene rings is 1. The topological polar surface area (TPSA) is 46.3 Å². The van der Waals surface area contributed by atoms with Gasteiger partial charge in [-0.05, 0) is 30.7 Å². The third-order valence-electron chi connectivity index (χ3n) is 2.11. The van der Waals surface area contributed by atoms with Crippen molar-refractivity contribution in [2.75, 3.05) is 7.05 Å². The molecule has 0 unspecified atom stereocenters. The van der Waals surface area contributed by atoms with Crippen LogP contribution in [0.3, 0.4) is 0 Å². The number of hydrogen-bond donors (Lipinski definition) is 1. The Balaban J connectivity index is 2.76. The first-order chi connectivity index (χ1) is 7.40. The van der Waals surface area contributed by atoms with Crippen molar-refractivity contribution in [3.05, 3.63) is 33.8 Å². The Morgan fingerprint density at radius 2 is 1.88 bits per heavy atom. The molecular formula is C11H14Cl2N2O. The maximum absolute atomic E-state index is 11.6. The van der Waals surface area contributed by atoms with E-state index in [4.69, 9.17) is 28.9 Å². The summed E-state index contributed by atoms with van der Waals surface area (Å²) in [4.78, 5) is 13.1. The van der Waals surface area contributed by atoms with Gasteiger partial charge in [0.2, 0.25) is 5.91 Å². The highest BCUT2D eigenvalue weighted by Gasteiger charge is 2.13. The molecule has 1 atom stereocenters. The van der Waals surface area contributed by atoms with Gasteiger partial charge in [-0.1, -0.05) is 23.2 Å². The van der Waals surface area contributed by atoms with E-state index in [9.17, 15) is 4.79 Å². The molecule has 0 aliphatic heterocycles. The molecule has 0 spiro atoms. The molecule has 5 heteroatoms. The van der Waals surface area contributed by atoms with E-state index < -0.39 is 6.04 Å². The zero-order valence-electron chi connectivity index (χ0n) is 9.21.